The van der Waals surface area contributed by atoms with Crippen LogP contribution in [-0.2, 0) is 24.4 Å². The smallest absolute Gasteiger partial charge is 0.119 e. The molecule has 1 saturated heterocycles. The van der Waals surface area contributed by atoms with Crippen molar-refractivity contribution in [2.24, 2.45) is 0 Å². The third-order valence-corrected chi connectivity index (χ3v) is 6.37. The zero-order valence-corrected chi connectivity index (χ0v) is 20.2. The van der Waals surface area contributed by atoms with Crippen LogP contribution in [0, 0.1) is 0 Å². The van der Waals surface area contributed by atoms with Crippen LogP contribution in [0.2, 0.25) is 0 Å². The number of ether oxygens (including phenoxy) is 2. The highest BCUT2D eigenvalue weighted by Crippen LogP contribution is 2.24. The van der Waals surface area contributed by atoms with Gasteiger partial charge in [0.2, 0.25) is 0 Å². The van der Waals surface area contributed by atoms with Gasteiger partial charge in [-0.2, -0.15) is 5.10 Å². The molecule has 0 aliphatic carbocycles. The van der Waals surface area contributed by atoms with Gasteiger partial charge in [0.25, 0.3) is 0 Å². The van der Waals surface area contributed by atoms with Crippen LogP contribution >= 0.6 is 0 Å². The summed E-state index contributed by atoms with van der Waals surface area (Å²) in [6.45, 7) is 6.17. The highest BCUT2D eigenvalue weighted by Gasteiger charge is 2.13. The van der Waals surface area contributed by atoms with Crippen LogP contribution < -0.4 is 9.64 Å². The van der Waals surface area contributed by atoms with Gasteiger partial charge in [-0.1, -0.05) is 36.4 Å². The van der Waals surface area contributed by atoms with E-state index in [-0.39, 0.29) is 0 Å². The Morgan fingerprint density at radius 3 is 2.31 bits per heavy atom. The van der Waals surface area contributed by atoms with Crippen molar-refractivity contribution < 1.29 is 9.47 Å². The maximum Gasteiger partial charge on any atom is 0.119 e. The lowest BCUT2D eigenvalue weighted by Gasteiger charge is -2.28. The lowest BCUT2D eigenvalue weighted by Crippen LogP contribution is -2.35. The van der Waals surface area contributed by atoms with E-state index in [0.29, 0.717) is 0 Å². The molecule has 1 aliphatic rings. The van der Waals surface area contributed by atoms with E-state index in [1.807, 2.05) is 23.0 Å². The molecule has 0 amide bonds. The third-order valence-electron chi connectivity index (χ3n) is 6.37. The van der Waals surface area contributed by atoms with Gasteiger partial charge in [-0.05, 0) is 59.2 Å². The van der Waals surface area contributed by atoms with Gasteiger partial charge in [0.1, 0.15) is 5.75 Å². The van der Waals surface area contributed by atoms with Crippen LogP contribution in [0.1, 0.15) is 16.7 Å². The molecule has 35 heavy (non-hydrogen) atoms. The summed E-state index contributed by atoms with van der Waals surface area (Å²) in [7, 11) is 1.71. The van der Waals surface area contributed by atoms with E-state index in [9.17, 15) is 0 Å². The Labute approximate surface area is 207 Å². The monoisotopic (exact) mass is 468 g/mol. The molecule has 4 aromatic rings. The van der Waals surface area contributed by atoms with Crippen molar-refractivity contribution in [1.82, 2.24) is 14.7 Å². The summed E-state index contributed by atoms with van der Waals surface area (Å²) in [6.07, 6.45) is 3.78. The van der Waals surface area contributed by atoms with E-state index in [1.54, 1.807) is 13.3 Å². The molecule has 5 rings (SSSR count). The number of rotatable bonds is 9. The van der Waals surface area contributed by atoms with E-state index < -0.39 is 0 Å². The predicted molar refractivity (Wildman–Crippen MR) is 139 cm³/mol. The maximum atomic E-state index is 5.49. The van der Waals surface area contributed by atoms with Gasteiger partial charge < -0.3 is 14.4 Å². The first-order valence-electron chi connectivity index (χ1n) is 12.1. The summed E-state index contributed by atoms with van der Waals surface area (Å²) >= 11 is 0. The highest BCUT2D eigenvalue weighted by atomic mass is 16.5. The Morgan fingerprint density at radius 1 is 0.857 bits per heavy atom. The van der Waals surface area contributed by atoms with Crippen molar-refractivity contribution in [2.45, 2.75) is 19.6 Å². The number of hydrogen-bond acceptors (Lipinski definition) is 5. The van der Waals surface area contributed by atoms with Gasteiger partial charge in [-0.15, -0.1) is 0 Å². The number of nitrogens with zero attached hydrogens (tertiary/aromatic N) is 4. The summed E-state index contributed by atoms with van der Waals surface area (Å²) in [5, 5.41) is 4.39. The molecule has 0 atom stereocenters. The van der Waals surface area contributed by atoms with E-state index in [4.69, 9.17) is 9.47 Å². The second-order valence-electron chi connectivity index (χ2n) is 8.88. The summed E-state index contributed by atoms with van der Waals surface area (Å²) in [5.74, 6) is 0.879. The number of morpholine rings is 1. The standard InChI is InChI=1S/C29H32N4O2/c1-34-29-8-3-6-26(20-29)23-32(22-25-5-2-7-28(19-25)33-14-4-13-30-33)27-11-9-24(10-12-27)21-31-15-17-35-18-16-31/h2-14,19-20H,15-18,21-23H2,1H3. The van der Waals surface area contributed by atoms with Crippen LogP contribution in [-0.4, -0.2) is 48.1 Å². The van der Waals surface area contributed by atoms with Crippen molar-refractivity contribution in [3.05, 3.63) is 108 Å². The first kappa shape index (κ1) is 23.1. The molecule has 0 spiro atoms. The first-order chi connectivity index (χ1) is 17.3. The molecule has 1 fully saturated rings. The van der Waals surface area contributed by atoms with Crippen LogP contribution in [0.5, 0.6) is 5.75 Å². The third kappa shape index (κ3) is 6.10. The van der Waals surface area contributed by atoms with E-state index >= 15 is 0 Å². The number of benzene rings is 3. The molecule has 0 bridgehead atoms. The molecule has 0 N–H and O–H groups in total. The summed E-state index contributed by atoms with van der Waals surface area (Å²) in [6, 6.07) is 27.8. The van der Waals surface area contributed by atoms with Gasteiger partial charge >= 0.3 is 0 Å². The van der Waals surface area contributed by atoms with Crippen molar-refractivity contribution in [3.63, 3.8) is 0 Å². The van der Waals surface area contributed by atoms with Crippen LogP contribution in [0.4, 0.5) is 5.69 Å². The molecule has 1 aliphatic heterocycles. The minimum absolute atomic E-state index is 0.784. The number of methoxy groups -OCH3 is 1. The minimum Gasteiger partial charge on any atom is -0.497 e. The number of anilines is 1. The Kier molecular flexibility index (Phi) is 7.41. The minimum atomic E-state index is 0.784. The number of hydrogen-bond donors (Lipinski definition) is 0. The SMILES string of the molecule is COc1cccc(CN(Cc2cccc(-n3cccn3)c2)c2ccc(CN3CCOCC3)cc2)c1. The summed E-state index contributed by atoms with van der Waals surface area (Å²) in [4.78, 5) is 4.86. The Bertz CT molecular complexity index is 1200. The molecule has 6 nitrogen and oxygen atoms in total. The lowest BCUT2D eigenvalue weighted by atomic mass is 10.1. The van der Waals surface area contributed by atoms with E-state index in [0.717, 1.165) is 57.4 Å². The largest absolute Gasteiger partial charge is 0.497 e. The molecular formula is C29H32N4O2. The second kappa shape index (κ2) is 11.2. The fraction of sp³-hybridized carbons (Fsp3) is 0.276. The fourth-order valence-electron chi connectivity index (χ4n) is 4.50. The van der Waals surface area contributed by atoms with Crippen LogP contribution in [0.25, 0.3) is 5.69 Å². The second-order valence-corrected chi connectivity index (χ2v) is 8.88. The molecule has 0 radical (unpaired) electrons. The van der Waals surface area contributed by atoms with E-state index in [1.165, 1.54) is 22.4 Å². The zero-order valence-electron chi connectivity index (χ0n) is 20.2. The average molecular weight is 469 g/mol. The zero-order chi connectivity index (χ0) is 23.9. The van der Waals surface area contributed by atoms with Gasteiger partial charge in [0.05, 0.1) is 26.0 Å². The molecule has 180 valence electrons. The number of aromatic nitrogens is 2. The summed E-state index contributed by atoms with van der Waals surface area (Å²) in [5.41, 5.74) is 6.04. The normalized spacial score (nSPS) is 14.1. The molecule has 2 heterocycles. The lowest BCUT2D eigenvalue weighted by molar-refractivity contribution is 0.0342. The van der Waals surface area contributed by atoms with Crippen LogP contribution in [0.15, 0.2) is 91.3 Å². The van der Waals surface area contributed by atoms with Gasteiger partial charge in [0.15, 0.2) is 0 Å². The summed E-state index contributed by atoms with van der Waals surface area (Å²) < 4.78 is 12.8. The molecule has 0 saturated carbocycles. The van der Waals surface area contributed by atoms with Gasteiger partial charge in [-0.3, -0.25) is 4.90 Å². The quantitative estimate of drug-likeness (QED) is 0.349. The topological polar surface area (TPSA) is 42.8 Å². The fourth-order valence-corrected chi connectivity index (χ4v) is 4.50. The molecule has 0 unspecified atom stereocenters. The van der Waals surface area contributed by atoms with Gasteiger partial charge in [-0.25, -0.2) is 4.68 Å². The predicted octanol–water partition coefficient (Wildman–Crippen LogP) is 4.92. The van der Waals surface area contributed by atoms with Crippen molar-refractivity contribution in [2.75, 3.05) is 38.3 Å². The maximum absolute atomic E-state index is 5.49. The molecule has 3 aromatic carbocycles. The highest BCUT2D eigenvalue weighted by molar-refractivity contribution is 5.50. The molecule has 1 aromatic heterocycles. The van der Waals surface area contributed by atoms with Crippen molar-refractivity contribution in [1.29, 1.82) is 0 Å². The molecular weight excluding hydrogens is 436 g/mol. The Hall–Kier alpha value is -3.61. The van der Waals surface area contributed by atoms with Crippen molar-refractivity contribution in [3.8, 4) is 11.4 Å². The van der Waals surface area contributed by atoms with Crippen LogP contribution in [0.3, 0.4) is 0 Å². The first-order valence-corrected chi connectivity index (χ1v) is 12.1. The average Bonchev–Trinajstić information content (AvgIpc) is 3.45. The Morgan fingerprint density at radius 2 is 1.60 bits per heavy atom. The van der Waals surface area contributed by atoms with E-state index in [2.05, 4.69) is 81.6 Å². The van der Waals surface area contributed by atoms with Gasteiger partial charge in [0, 0.05) is 50.8 Å². The molecule has 6 heteroatoms. The van der Waals surface area contributed by atoms with Crippen molar-refractivity contribution >= 4 is 5.69 Å². The Balaban J connectivity index is 1.38.